The molecule has 4 atom stereocenters. The molecule has 0 bridgehead atoms. The third-order valence-electron chi connectivity index (χ3n) is 5.81. The molecule has 4 saturated heterocycles. The van der Waals surface area contributed by atoms with E-state index in [4.69, 9.17) is 18.9 Å². The lowest BCUT2D eigenvalue weighted by atomic mass is 9.89. The van der Waals surface area contributed by atoms with Gasteiger partial charge in [-0.15, -0.1) is 0 Å². The maximum atomic E-state index is 5.58. The topological polar surface area (TPSA) is 56.6 Å². The number of ether oxygens (including phenoxy) is 4. The van der Waals surface area contributed by atoms with E-state index in [0.29, 0.717) is 24.4 Å². The molecule has 1 aliphatic carbocycles. The van der Waals surface area contributed by atoms with Gasteiger partial charge in [0.05, 0.1) is 56.5 Å². The third kappa shape index (κ3) is 3.69. The van der Waals surface area contributed by atoms with Gasteiger partial charge in [-0.25, -0.2) is 0 Å². The van der Waals surface area contributed by atoms with Crippen molar-refractivity contribution in [2.45, 2.75) is 49.3 Å². The van der Waals surface area contributed by atoms with Crippen LogP contribution in [0.25, 0.3) is 0 Å². The summed E-state index contributed by atoms with van der Waals surface area (Å²) in [5.41, 5.74) is 0.0601. The second kappa shape index (κ2) is 6.34. The summed E-state index contributed by atoms with van der Waals surface area (Å²) in [6.45, 7) is 7.69. The molecule has 6 heteroatoms. The predicted molar refractivity (Wildman–Crippen MR) is 87.8 cm³/mol. The van der Waals surface area contributed by atoms with Crippen LogP contribution in [0.5, 0.6) is 0 Å². The molecule has 5 aliphatic rings. The summed E-state index contributed by atoms with van der Waals surface area (Å²) in [6, 6.07) is 0. The molecule has 4 aliphatic heterocycles. The van der Waals surface area contributed by atoms with Gasteiger partial charge in [0, 0.05) is 26.2 Å². The number of epoxide rings is 4. The normalized spacial score (nSPS) is 42.6. The first-order chi connectivity index (χ1) is 11.8. The van der Waals surface area contributed by atoms with Crippen molar-refractivity contribution in [2.75, 3.05) is 52.6 Å². The standard InChI is InChI=1S/C18H28N2O4/c1-2-4-18(5-3-1,19(6-14-10-21-14)7-15-11-22-15)20(8-16-12-23-16)9-17-13-24-17/h1-2,14-17H,3-13H2. The molecule has 0 aromatic heterocycles. The maximum Gasteiger partial charge on any atom is 0.0937 e. The second-order valence-electron chi connectivity index (χ2n) is 7.83. The Hall–Kier alpha value is -0.500. The quantitative estimate of drug-likeness (QED) is 0.331. The van der Waals surface area contributed by atoms with E-state index in [-0.39, 0.29) is 5.66 Å². The fourth-order valence-electron chi connectivity index (χ4n) is 4.09. The van der Waals surface area contributed by atoms with Crippen molar-refractivity contribution in [1.29, 1.82) is 0 Å². The number of rotatable bonds is 10. The Labute approximate surface area is 143 Å². The van der Waals surface area contributed by atoms with E-state index < -0.39 is 0 Å². The molecule has 0 radical (unpaired) electrons. The van der Waals surface area contributed by atoms with E-state index in [9.17, 15) is 0 Å². The highest BCUT2D eigenvalue weighted by atomic mass is 16.6. The Morgan fingerprint density at radius 2 is 1.12 bits per heavy atom. The van der Waals surface area contributed by atoms with E-state index in [1.165, 1.54) is 6.42 Å². The van der Waals surface area contributed by atoms with Crippen molar-refractivity contribution in [1.82, 2.24) is 9.80 Å². The highest BCUT2D eigenvalue weighted by Gasteiger charge is 2.48. The van der Waals surface area contributed by atoms with E-state index in [1.54, 1.807) is 0 Å². The van der Waals surface area contributed by atoms with Crippen molar-refractivity contribution in [2.24, 2.45) is 0 Å². The molecular weight excluding hydrogens is 308 g/mol. The van der Waals surface area contributed by atoms with Crippen LogP contribution in [0, 0.1) is 0 Å². The predicted octanol–water partition coefficient (Wildman–Crippen LogP) is 0.622. The van der Waals surface area contributed by atoms with Gasteiger partial charge in [0.2, 0.25) is 0 Å². The minimum Gasteiger partial charge on any atom is -0.372 e. The third-order valence-corrected chi connectivity index (χ3v) is 5.81. The Kier molecular flexibility index (Phi) is 4.16. The van der Waals surface area contributed by atoms with Gasteiger partial charge in [0.15, 0.2) is 0 Å². The van der Waals surface area contributed by atoms with Crippen LogP contribution in [0.3, 0.4) is 0 Å². The van der Waals surface area contributed by atoms with Crippen LogP contribution in [0.15, 0.2) is 12.2 Å². The summed E-state index contributed by atoms with van der Waals surface area (Å²) in [4.78, 5) is 5.33. The molecule has 4 fully saturated rings. The SMILES string of the molecule is C1=CCC(N(CC2CO2)CC2CO2)(N(CC2CO2)CC2CO2)CC1. The summed E-state index contributed by atoms with van der Waals surface area (Å²) in [5, 5.41) is 0. The van der Waals surface area contributed by atoms with Crippen molar-refractivity contribution in [3.63, 3.8) is 0 Å². The molecule has 5 rings (SSSR count). The summed E-state index contributed by atoms with van der Waals surface area (Å²) in [6.07, 6.45) is 9.70. The average Bonchev–Trinajstić information content (AvgIpc) is 3.45. The summed E-state index contributed by atoms with van der Waals surface area (Å²) in [5.74, 6) is 0. The average molecular weight is 336 g/mol. The lowest BCUT2D eigenvalue weighted by Gasteiger charge is -2.52. The molecule has 4 heterocycles. The monoisotopic (exact) mass is 336 g/mol. The van der Waals surface area contributed by atoms with Crippen LogP contribution >= 0.6 is 0 Å². The lowest BCUT2D eigenvalue weighted by molar-refractivity contribution is -0.0774. The largest absolute Gasteiger partial charge is 0.372 e. The van der Waals surface area contributed by atoms with E-state index in [1.807, 2.05) is 0 Å². The van der Waals surface area contributed by atoms with Gasteiger partial charge in [-0.1, -0.05) is 12.2 Å². The smallest absolute Gasteiger partial charge is 0.0937 e. The van der Waals surface area contributed by atoms with Crippen LogP contribution in [-0.2, 0) is 18.9 Å². The number of hydrogen-bond acceptors (Lipinski definition) is 6. The van der Waals surface area contributed by atoms with Gasteiger partial charge in [0.25, 0.3) is 0 Å². The van der Waals surface area contributed by atoms with Crippen LogP contribution in [0.4, 0.5) is 0 Å². The zero-order valence-electron chi connectivity index (χ0n) is 14.3. The van der Waals surface area contributed by atoms with E-state index >= 15 is 0 Å². The number of nitrogens with zero attached hydrogens (tertiary/aromatic N) is 2. The highest BCUT2D eigenvalue weighted by Crippen LogP contribution is 2.38. The van der Waals surface area contributed by atoms with Gasteiger partial charge in [-0.05, 0) is 19.3 Å². The lowest BCUT2D eigenvalue weighted by Crippen LogP contribution is -2.64. The van der Waals surface area contributed by atoms with Crippen molar-refractivity contribution >= 4 is 0 Å². The molecular formula is C18H28N2O4. The molecule has 0 spiro atoms. The minimum atomic E-state index is 0.0601. The minimum absolute atomic E-state index is 0.0601. The molecule has 24 heavy (non-hydrogen) atoms. The van der Waals surface area contributed by atoms with Gasteiger partial charge >= 0.3 is 0 Å². The fraction of sp³-hybridized carbons (Fsp3) is 0.889. The summed E-state index contributed by atoms with van der Waals surface area (Å²) in [7, 11) is 0. The molecule has 0 N–H and O–H groups in total. The molecule has 0 aromatic rings. The Morgan fingerprint density at radius 1 is 0.708 bits per heavy atom. The Bertz CT molecular complexity index is 423. The zero-order chi connectivity index (χ0) is 16.0. The van der Waals surface area contributed by atoms with Crippen molar-refractivity contribution in [3.8, 4) is 0 Å². The summed E-state index contributed by atoms with van der Waals surface area (Å²) >= 11 is 0. The van der Waals surface area contributed by atoms with Gasteiger partial charge in [0.1, 0.15) is 0 Å². The Balaban J connectivity index is 1.40. The molecule has 6 nitrogen and oxygen atoms in total. The van der Waals surface area contributed by atoms with Crippen molar-refractivity contribution in [3.05, 3.63) is 12.2 Å². The molecule has 134 valence electrons. The van der Waals surface area contributed by atoms with E-state index in [2.05, 4.69) is 22.0 Å². The first-order valence-electron chi connectivity index (χ1n) is 9.43. The van der Waals surface area contributed by atoms with Crippen LogP contribution in [-0.4, -0.2) is 92.5 Å². The number of hydrogen-bond donors (Lipinski definition) is 0. The zero-order valence-corrected chi connectivity index (χ0v) is 14.3. The highest BCUT2D eigenvalue weighted by molar-refractivity contribution is 5.07. The first-order valence-corrected chi connectivity index (χ1v) is 9.43. The fourth-order valence-corrected chi connectivity index (χ4v) is 4.09. The second-order valence-corrected chi connectivity index (χ2v) is 7.83. The summed E-state index contributed by atoms with van der Waals surface area (Å²) < 4.78 is 22.3. The first kappa shape index (κ1) is 15.7. The van der Waals surface area contributed by atoms with Gasteiger partial charge < -0.3 is 18.9 Å². The molecule has 0 aromatic carbocycles. The number of allylic oxidation sites excluding steroid dienone is 1. The molecule has 0 saturated carbocycles. The van der Waals surface area contributed by atoms with Crippen molar-refractivity contribution < 1.29 is 18.9 Å². The van der Waals surface area contributed by atoms with Crippen LogP contribution in [0.2, 0.25) is 0 Å². The van der Waals surface area contributed by atoms with Crippen LogP contribution in [0.1, 0.15) is 19.3 Å². The maximum absolute atomic E-state index is 5.58. The Morgan fingerprint density at radius 3 is 1.42 bits per heavy atom. The molecule has 4 unspecified atom stereocenters. The van der Waals surface area contributed by atoms with Crippen LogP contribution < -0.4 is 0 Å². The van der Waals surface area contributed by atoms with Gasteiger partial charge in [-0.2, -0.15) is 0 Å². The van der Waals surface area contributed by atoms with E-state index in [0.717, 1.165) is 65.4 Å². The molecule has 0 amide bonds. The van der Waals surface area contributed by atoms with Gasteiger partial charge in [-0.3, -0.25) is 9.80 Å².